The van der Waals surface area contributed by atoms with E-state index in [2.05, 4.69) is 26.0 Å². The lowest BCUT2D eigenvalue weighted by Crippen LogP contribution is -2.30. The lowest BCUT2D eigenvalue weighted by Gasteiger charge is -2.28. The zero-order valence-electron chi connectivity index (χ0n) is 12.0. The summed E-state index contributed by atoms with van der Waals surface area (Å²) in [6, 6.07) is 4.29. The Hall–Kier alpha value is -1.06. The van der Waals surface area contributed by atoms with Gasteiger partial charge in [0, 0.05) is 17.5 Å². The van der Waals surface area contributed by atoms with Crippen molar-refractivity contribution in [2.75, 3.05) is 7.11 Å². The molecule has 3 nitrogen and oxygen atoms in total. The van der Waals surface area contributed by atoms with Crippen molar-refractivity contribution < 1.29 is 9.47 Å². The molecule has 0 radical (unpaired) electrons. The quantitative estimate of drug-likeness (QED) is 0.910. The highest BCUT2D eigenvalue weighted by Crippen LogP contribution is 2.46. The third kappa shape index (κ3) is 2.15. The van der Waals surface area contributed by atoms with Gasteiger partial charge in [0.15, 0.2) is 0 Å². The van der Waals surface area contributed by atoms with Crippen LogP contribution in [0.2, 0.25) is 0 Å². The van der Waals surface area contributed by atoms with E-state index in [-0.39, 0.29) is 6.04 Å². The fourth-order valence-electron chi connectivity index (χ4n) is 3.80. The average molecular weight is 261 g/mol. The van der Waals surface area contributed by atoms with Crippen LogP contribution in [0.4, 0.5) is 0 Å². The molecule has 2 heterocycles. The molecule has 2 fully saturated rings. The first-order valence-corrected chi connectivity index (χ1v) is 7.16. The predicted octanol–water partition coefficient (Wildman–Crippen LogP) is 2.88. The Morgan fingerprint density at radius 2 is 2.11 bits per heavy atom. The molecular weight excluding hydrogens is 238 g/mol. The minimum atomic E-state index is 0.0193. The van der Waals surface area contributed by atoms with Gasteiger partial charge in [-0.2, -0.15) is 0 Å². The number of benzene rings is 1. The number of hydrogen-bond acceptors (Lipinski definition) is 3. The van der Waals surface area contributed by atoms with E-state index >= 15 is 0 Å². The highest BCUT2D eigenvalue weighted by molar-refractivity contribution is 5.45. The van der Waals surface area contributed by atoms with E-state index in [0.29, 0.717) is 18.1 Å². The van der Waals surface area contributed by atoms with Crippen molar-refractivity contribution in [1.82, 2.24) is 0 Å². The molecule has 1 aromatic rings. The normalized spacial score (nSPS) is 30.6. The number of nitrogens with two attached hydrogens (primary N) is 1. The lowest BCUT2D eigenvalue weighted by molar-refractivity contribution is 0.0883. The number of hydrogen-bond donors (Lipinski definition) is 1. The number of methoxy groups -OCH3 is 1. The van der Waals surface area contributed by atoms with Crippen LogP contribution in [0.15, 0.2) is 12.1 Å². The molecule has 104 valence electrons. The van der Waals surface area contributed by atoms with Crippen molar-refractivity contribution in [2.45, 2.75) is 51.4 Å². The molecule has 1 aromatic carbocycles. The monoisotopic (exact) mass is 261 g/mol. The van der Waals surface area contributed by atoms with Crippen molar-refractivity contribution in [3.05, 3.63) is 28.8 Å². The highest BCUT2D eigenvalue weighted by Gasteiger charge is 2.44. The van der Waals surface area contributed by atoms with E-state index in [1.165, 1.54) is 17.5 Å². The fourth-order valence-corrected chi connectivity index (χ4v) is 3.80. The summed E-state index contributed by atoms with van der Waals surface area (Å²) in [6.45, 7) is 4.21. The van der Waals surface area contributed by atoms with Gasteiger partial charge in [0.25, 0.3) is 0 Å². The van der Waals surface area contributed by atoms with Gasteiger partial charge in [-0.3, -0.25) is 0 Å². The van der Waals surface area contributed by atoms with Crippen LogP contribution in [-0.4, -0.2) is 19.3 Å². The van der Waals surface area contributed by atoms with Crippen LogP contribution in [0.1, 0.15) is 42.0 Å². The molecule has 0 spiro atoms. The molecule has 3 rings (SSSR count). The molecule has 4 unspecified atom stereocenters. The zero-order chi connectivity index (χ0) is 13.6. The van der Waals surface area contributed by atoms with Crippen molar-refractivity contribution in [3.8, 4) is 5.75 Å². The number of rotatable bonds is 3. The van der Waals surface area contributed by atoms with Gasteiger partial charge in [0.2, 0.25) is 0 Å². The third-order valence-electron chi connectivity index (χ3n) is 4.66. The number of fused-ring (bicyclic) bond motifs is 2. The van der Waals surface area contributed by atoms with E-state index in [4.69, 9.17) is 15.2 Å². The van der Waals surface area contributed by atoms with Gasteiger partial charge in [0.1, 0.15) is 5.75 Å². The van der Waals surface area contributed by atoms with E-state index in [1.54, 1.807) is 7.11 Å². The van der Waals surface area contributed by atoms with Gasteiger partial charge in [-0.15, -0.1) is 0 Å². The van der Waals surface area contributed by atoms with Crippen molar-refractivity contribution in [2.24, 2.45) is 11.7 Å². The first kappa shape index (κ1) is 12.9. The molecule has 0 aliphatic carbocycles. The average Bonchev–Trinajstić information content (AvgIpc) is 2.99. The van der Waals surface area contributed by atoms with Crippen LogP contribution >= 0.6 is 0 Å². The molecule has 4 atom stereocenters. The standard InChI is InChI=1S/C16H23NO2/c1-9-6-10(2)15(14(7-9)18-3)16(17)12-8-11-4-5-13(12)19-11/h6-7,11-13,16H,4-5,8,17H2,1-3H3. The van der Waals surface area contributed by atoms with E-state index in [0.717, 1.165) is 24.2 Å². The van der Waals surface area contributed by atoms with Crippen LogP contribution in [0.3, 0.4) is 0 Å². The fraction of sp³-hybridized carbons (Fsp3) is 0.625. The number of ether oxygens (including phenoxy) is 2. The summed E-state index contributed by atoms with van der Waals surface area (Å²) in [5.74, 6) is 1.36. The molecular formula is C16H23NO2. The van der Waals surface area contributed by atoms with Gasteiger partial charge < -0.3 is 15.2 Å². The molecule has 2 aliphatic rings. The zero-order valence-corrected chi connectivity index (χ0v) is 12.0. The molecule has 0 saturated carbocycles. The van der Waals surface area contributed by atoms with Crippen LogP contribution in [0, 0.1) is 19.8 Å². The molecule has 3 heteroatoms. The van der Waals surface area contributed by atoms with E-state index in [1.807, 2.05) is 0 Å². The van der Waals surface area contributed by atoms with Crippen LogP contribution in [0.5, 0.6) is 5.75 Å². The van der Waals surface area contributed by atoms with Crippen molar-refractivity contribution >= 4 is 0 Å². The van der Waals surface area contributed by atoms with Crippen LogP contribution in [-0.2, 0) is 4.74 Å². The smallest absolute Gasteiger partial charge is 0.124 e. The van der Waals surface area contributed by atoms with Gasteiger partial charge in [-0.25, -0.2) is 0 Å². The van der Waals surface area contributed by atoms with Crippen molar-refractivity contribution in [3.63, 3.8) is 0 Å². The molecule has 19 heavy (non-hydrogen) atoms. The maximum atomic E-state index is 6.55. The Labute approximate surface area is 115 Å². The first-order valence-electron chi connectivity index (χ1n) is 7.16. The van der Waals surface area contributed by atoms with Gasteiger partial charge in [0.05, 0.1) is 19.3 Å². The molecule has 0 aromatic heterocycles. The summed E-state index contributed by atoms with van der Waals surface area (Å²) in [6.07, 6.45) is 4.26. The summed E-state index contributed by atoms with van der Waals surface area (Å²) in [5.41, 5.74) is 10.2. The molecule has 0 amide bonds. The molecule has 2 aliphatic heterocycles. The molecule has 2 bridgehead atoms. The Morgan fingerprint density at radius 3 is 2.68 bits per heavy atom. The topological polar surface area (TPSA) is 44.5 Å². The Balaban J connectivity index is 1.93. The van der Waals surface area contributed by atoms with Crippen LogP contribution < -0.4 is 10.5 Å². The maximum Gasteiger partial charge on any atom is 0.124 e. The van der Waals surface area contributed by atoms with Crippen LogP contribution in [0.25, 0.3) is 0 Å². The largest absolute Gasteiger partial charge is 0.496 e. The van der Waals surface area contributed by atoms with E-state index in [9.17, 15) is 0 Å². The predicted molar refractivity (Wildman–Crippen MR) is 75.4 cm³/mol. The minimum Gasteiger partial charge on any atom is -0.496 e. The lowest BCUT2D eigenvalue weighted by atomic mass is 9.80. The maximum absolute atomic E-state index is 6.55. The first-order chi connectivity index (χ1) is 9.10. The Bertz CT molecular complexity index is 486. The van der Waals surface area contributed by atoms with Crippen molar-refractivity contribution in [1.29, 1.82) is 0 Å². The SMILES string of the molecule is COc1cc(C)cc(C)c1C(N)C1CC2CCC1O2. The second-order valence-electron chi connectivity index (χ2n) is 6.00. The second-order valence-corrected chi connectivity index (χ2v) is 6.00. The number of aryl methyl sites for hydroxylation is 2. The minimum absolute atomic E-state index is 0.0193. The molecule has 2 N–H and O–H groups in total. The summed E-state index contributed by atoms with van der Waals surface area (Å²) in [5, 5.41) is 0. The Kier molecular flexibility index (Phi) is 3.27. The molecule has 2 saturated heterocycles. The highest BCUT2D eigenvalue weighted by atomic mass is 16.5. The van der Waals surface area contributed by atoms with Gasteiger partial charge in [-0.1, -0.05) is 6.07 Å². The van der Waals surface area contributed by atoms with Gasteiger partial charge >= 0.3 is 0 Å². The summed E-state index contributed by atoms with van der Waals surface area (Å²) in [4.78, 5) is 0. The summed E-state index contributed by atoms with van der Waals surface area (Å²) in [7, 11) is 1.72. The summed E-state index contributed by atoms with van der Waals surface area (Å²) < 4.78 is 11.5. The summed E-state index contributed by atoms with van der Waals surface area (Å²) >= 11 is 0. The second kappa shape index (κ2) is 4.80. The Morgan fingerprint density at radius 1 is 1.32 bits per heavy atom. The third-order valence-corrected chi connectivity index (χ3v) is 4.66. The van der Waals surface area contributed by atoms with E-state index < -0.39 is 0 Å². The van der Waals surface area contributed by atoms with Gasteiger partial charge in [-0.05, 0) is 50.3 Å².